The average molecular weight is 340 g/mol. The van der Waals surface area contributed by atoms with Gasteiger partial charge in [-0.1, -0.05) is 29.8 Å². The SMILES string of the molecule is Cc1ccc(-c2nc(CCNc3ncccc3[N+](=O)[O-])cs2)cc1. The molecule has 0 aliphatic heterocycles. The first-order valence-corrected chi connectivity index (χ1v) is 8.36. The number of nitrogens with one attached hydrogen (secondary N) is 1. The number of rotatable bonds is 6. The molecular weight excluding hydrogens is 324 g/mol. The van der Waals surface area contributed by atoms with E-state index >= 15 is 0 Å². The molecule has 0 fully saturated rings. The normalized spacial score (nSPS) is 10.5. The summed E-state index contributed by atoms with van der Waals surface area (Å²) < 4.78 is 0. The Morgan fingerprint density at radius 2 is 2.04 bits per heavy atom. The minimum absolute atomic E-state index is 0.0175. The van der Waals surface area contributed by atoms with Gasteiger partial charge in [0.25, 0.3) is 0 Å². The number of aromatic nitrogens is 2. The summed E-state index contributed by atoms with van der Waals surface area (Å²) in [5.74, 6) is 0.288. The monoisotopic (exact) mass is 340 g/mol. The molecule has 2 aromatic heterocycles. The van der Waals surface area contributed by atoms with Gasteiger partial charge in [0.1, 0.15) is 5.01 Å². The molecule has 24 heavy (non-hydrogen) atoms. The highest BCUT2D eigenvalue weighted by atomic mass is 32.1. The molecule has 0 spiro atoms. The molecule has 2 heterocycles. The van der Waals surface area contributed by atoms with E-state index in [0.29, 0.717) is 13.0 Å². The summed E-state index contributed by atoms with van der Waals surface area (Å²) in [6, 6.07) is 11.3. The first-order chi connectivity index (χ1) is 11.6. The van der Waals surface area contributed by atoms with Crippen molar-refractivity contribution in [3.05, 3.63) is 69.3 Å². The molecule has 3 rings (SSSR count). The molecule has 0 saturated heterocycles. The van der Waals surface area contributed by atoms with E-state index in [2.05, 4.69) is 46.5 Å². The van der Waals surface area contributed by atoms with Crippen molar-refractivity contribution in [1.29, 1.82) is 0 Å². The van der Waals surface area contributed by atoms with Gasteiger partial charge in [0.15, 0.2) is 0 Å². The molecular formula is C17H16N4O2S. The van der Waals surface area contributed by atoms with E-state index in [1.807, 2.05) is 5.38 Å². The van der Waals surface area contributed by atoms with E-state index in [0.717, 1.165) is 16.3 Å². The molecule has 0 saturated carbocycles. The van der Waals surface area contributed by atoms with E-state index in [-0.39, 0.29) is 11.5 Å². The zero-order valence-corrected chi connectivity index (χ0v) is 13.9. The molecule has 3 aromatic rings. The average Bonchev–Trinajstić information content (AvgIpc) is 3.05. The van der Waals surface area contributed by atoms with Crippen LogP contribution in [0.3, 0.4) is 0 Å². The third kappa shape index (κ3) is 3.75. The Labute approximate surface area is 143 Å². The summed E-state index contributed by atoms with van der Waals surface area (Å²) in [7, 11) is 0. The molecule has 0 radical (unpaired) electrons. The maximum atomic E-state index is 11.0. The Bertz CT molecular complexity index is 846. The quantitative estimate of drug-likeness (QED) is 0.540. The molecule has 122 valence electrons. The molecule has 0 atom stereocenters. The minimum Gasteiger partial charge on any atom is -0.364 e. The van der Waals surface area contributed by atoms with Crippen LogP contribution in [-0.2, 0) is 6.42 Å². The summed E-state index contributed by atoms with van der Waals surface area (Å²) in [5.41, 5.74) is 3.26. The highest BCUT2D eigenvalue weighted by Gasteiger charge is 2.13. The Morgan fingerprint density at radius 1 is 1.25 bits per heavy atom. The van der Waals surface area contributed by atoms with E-state index in [9.17, 15) is 10.1 Å². The second kappa shape index (κ2) is 7.18. The molecule has 7 heteroatoms. The molecule has 0 aliphatic carbocycles. The second-order valence-corrected chi connectivity index (χ2v) is 6.17. The number of thiazole rings is 1. The fourth-order valence-corrected chi connectivity index (χ4v) is 3.10. The van der Waals surface area contributed by atoms with Crippen molar-refractivity contribution in [1.82, 2.24) is 9.97 Å². The van der Waals surface area contributed by atoms with Gasteiger partial charge in [0.05, 0.1) is 10.6 Å². The van der Waals surface area contributed by atoms with Crippen molar-refractivity contribution in [2.45, 2.75) is 13.3 Å². The molecule has 0 unspecified atom stereocenters. The molecule has 1 N–H and O–H groups in total. The summed E-state index contributed by atoms with van der Waals surface area (Å²) in [5, 5.41) is 17.0. The van der Waals surface area contributed by atoms with Crippen LogP contribution in [0.5, 0.6) is 0 Å². The maximum Gasteiger partial charge on any atom is 0.311 e. The maximum absolute atomic E-state index is 11.0. The summed E-state index contributed by atoms with van der Waals surface area (Å²) in [4.78, 5) is 19.2. The van der Waals surface area contributed by atoms with Crippen LogP contribution in [0.4, 0.5) is 11.5 Å². The Balaban J connectivity index is 1.62. The Kier molecular flexibility index (Phi) is 4.81. The number of hydrogen-bond donors (Lipinski definition) is 1. The lowest BCUT2D eigenvalue weighted by atomic mass is 10.2. The van der Waals surface area contributed by atoms with Crippen LogP contribution in [0, 0.1) is 17.0 Å². The Hall–Kier alpha value is -2.80. The van der Waals surface area contributed by atoms with Gasteiger partial charge in [-0.3, -0.25) is 10.1 Å². The predicted octanol–water partition coefficient (Wildman–Crippen LogP) is 4.08. The number of pyridine rings is 1. The number of benzene rings is 1. The lowest BCUT2D eigenvalue weighted by Crippen LogP contribution is -2.08. The van der Waals surface area contributed by atoms with Crippen LogP contribution >= 0.6 is 11.3 Å². The van der Waals surface area contributed by atoms with Gasteiger partial charge in [-0.25, -0.2) is 9.97 Å². The standard InChI is InChI=1S/C17H16N4O2S/c1-12-4-6-13(7-5-12)17-20-14(11-24-17)8-10-19-16-15(21(22)23)3-2-9-18-16/h2-7,9,11H,8,10H2,1H3,(H,18,19). The fourth-order valence-electron chi connectivity index (χ4n) is 2.24. The number of nitro groups is 1. The lowest BCUT2D eigenvalue weighted by molar-refractivity contribution is -0.384. The third-order valence-corrected chi connectivity index (χ3v) is 4.45. The zero-order valence-electron chi connectivity index (χ0n) is 13.1. The van der Waals surface area contributed by atoms with Gasteiger partial charge in [0, 0.05) is 36.2 Å². The van der Waals surface area contributed by atoms with E-state index in [4.69, 9.17) is 0 Å². The van der Waals surface area contributed by atoms with Crippen LogP contribution < -0.4 is 5.32 Å². The minimum atomic E-state index is -0.437. The third-order valence-electron chi connectivity index (χ3n) is 3.51. The van der Waals surface area contributed by atoms with E-state index < -0.39 is 4.92 Å². The number of hydrogen-bond acceptors (Lipinski definition) is 6. The van der Waals surface area contributed by atoms with Crippen molar-refractivity contribution in [3.63, 3.8) is 0 Å². The van der Waals surface area contributed by atoms with Crippen molar-refractivity contribution in [3.8, 4) is 10.6 Å². The summed E-state index contributed by atoms with van der Waals surface area (Å²) in [6.07, 6.45) is 2.21. The highest BCUT2D eigenvalue weighted by Crippen LogP contribution is 2.24. The van der Waals surface area contributed by atoms with E-state index in [1.165, 1.54) is 17.8 Å². The van der Waals surface area contributed by atoms with Crippen LogP contribution in [0.25, 0.3) is 10.6 Å². The molecule has 0 bridgehead atoms. The first kappa shape index (κ1) is 16.1. The largest absolute Gasteiger partial charge is 0.364 e. The first-order valence-electron chi connectivity index (χ1n) is 7.48. The second-order valence-electron chi connectivity index (χ2n) is 5.32. The lowest BCUT2D eigenvalue weighted by Gasteiger charge is -2.04. The van der Waals surface area contributed by atoms with Gasteiger partial charge in [-0.05, 0) is 13.0 Å². The zero-order chi connectivity index (χ0) is 16.9. The summed E-state index contributed by atoms with van der Waals surface area (Å²) >= 11 is 1.60. The van der Waals surface area contributed by atoms with Crippen LogP contribution in [0.2, 0.25) is 0 Å². The number of aryl methyl sites for hydroxylation is 1. The van der Waals surface area contributed by atoms with Gasteiger partial charge < -0.3 is 5.32 Å². The predicted molar refractivity (Wildman–Crippen MR) is 95.4 cm³/mol. The van der Waals surface area contributed by atoms with Crippen molar-refractivity contribution in [2.24, 2.45) is 0 Å². The number of anilines is 1. The van der Waals surface area contributed by atoms with Crippen LogP contribution in [0.1, 0.15) is 11.3 Å². The number of nitrogens with zero attached hydrogens (tertiary/aromatic N) is 3. The summed E-state index contributed by atoms with van der Waals surface area (Å²) in [6.45, 7) is 2.59. The molecule has 0 amide bonds. The van der Waals surface area contributed by atoms with Gasteiger partial charge in [0.2, 0.25) is 5.82 Å². The van der Waals surface area contributed by atoms with Gasteiger partial charge in [-0.2, -0.15) is 0 Å². The Morgan fingerprint density at radius 3 is 2.79 bits per heavy atom. The molecule has 6 nitrogen and oxygen atoms in total. The van der Waals surface area contributed by atoms with Gasteiger partial charge >= 0.3 is 5.69 Å². The van der Waals surface area contributed by atoms with Crippen LogP contribution in [0.15, 0.2) is 48.0 Å². The van der Waals surface area contributed by atoms with Crippen molar-refractivity contribution < 1.29 is 4.92 Å². The van der Waals surface area contributed by atoms with Gasteiger partial charge in [-0.15, -0.1) is 11.3 Å². The van der Waals surface area contributed by atoms with Crippen LogP contribution in [-0.4, -0.2) is 21.4 Å². The molecule has 0 aliphatic rings. The molecule has 1 aromatic carbocycles. The van der Waals surface area contributed by atoms with Crippen molar-refractivity contribution in [2.75, 3.05) is 11.9 Å². The fraction of sp³-hybridized carbons (Fsp3) is 0.176. The topological polar surface area (TPSA) is 81.0 Å². The smallest absolute Gasteiger partial charge is 0.311 e. The van der Waals surface area contributed by atoms with E-state index in [1.54, 1.807) is 17.4 Å². The highest BCUT2D eigenvalue weighted by molar-refractivity contribution is 7.13. The van der Waals surface area contributed by atoms with Crippen molar-refractivity contribution >= 4 is 22.8 Å².